The van der Waals surface area contributed by atoms with E-state index in [-0.39, 0.29) is 30.1 Å². The summed E-state index contributed by atoms with van der Waals surface area (Å²) in [5.41, 5.74) is 10.2. The van der Waals surface area contributed by atoms with E-state index in [4.69, 9.17) is 10.5 Å². The molecule has 3 N–H and O–H groups in total. The topological polar surface area (TPSA) is 101 Å². The number of nitrogens with zero attached hydrogens (tertiary/aromatic N) is 2. The van der Waals surface area contributed by atoms with Gasteiger partial charge in [0.25, 0.3) is 10.0 Å². The van der Waals surface area contributed by atoms with E-state index in [0.29, 0.717) is 0 Å². The summed E-state index contributed by atoms with van der Waals surface area (Å²) in [6.45, 7) is 0.476. The standard InChI is InChI=1S/C22H26N4O3S/c1-26(30(27,28)22-14-24-15-25-22)9-10-29-18-8-7-17-12-21(23)20(19(17)13-18)11-16-5-3-2-4-6-16/h2-8,13-15,20-21H,9-12,23H2,1H3,(H,24,25). The van der Waals surface area contributed by atoms with Crippen LogP contribution in [0.4, 0.5) is 0 Å². The van der Waals surface area contributed by atoms with Gasteiger partial charge in [0.15, 0.2) is 5.03 Å². The van der Waals surface area contributed by atoms with E-state index in [1.54, 1.807) is 0 Å². The summed E-state index contributed by atoms with van der Waals surface area (Å²) in [4.78, 5) is 6.40. The third-order valence-corrected chi connectivity index (χ3v) is 7.41. The van der Waals surface area contributed by atoms with Gasteiger partial charge in [-0.05, 0) is 41.7 Å². The second-order valence-electron chi connectivity index (χ2n) is 7.62. The van der Waals surface area contributed by atoms with Crippen molar-refractivity contribution in [3.8, 4) is 5.75 Å². The number of benzene rings is 2. The maximum absolute atomic E-state index is 12.4. The lowest BCUT2D eigenvalue weighted by atomic mass is 9.91. The molecule has 0 radical (unpaired) electrons. The molecule has 1 aliphatic carbocycles. The summed E-state index contributed by atoms with van der Waals surface area (Å²) in [7, 11) is -2.07. The Hall–Kier alpha value is -2.68. The first kappa shape index (κ1) is 20.6. The van der Waals surface area contributed by atoms with Crippen molar-refractivity contribution in [2.75, 3.05) is 20.2 Å². The van der Waals surface area contributed by atoms with Crippen LogP contribution in [0.1, 0.15) is 22.6 Å². The zero-order chi connectivity index (χ0) is 21.1. The Kier molecular flexibility index (Phi) is 5.90. The predicted molar refractivity (Wildman–Crippen MR) is 115 cm³/mol. The Morgan fingerprint density at radius 3 is 2.77 bits per heavy atom. The Morgan fingerprint density at radius 2 is 2.03 bits per heavy atom. The predicted octanol–water partition coefficient (Wildman–Crippen LogP) is 2.32. The lowest BCUT2D eigenvalue weighted by molar-refractivity contribution is 0.286. The molecule has 7 nitrogen and oxygen atoms in total. The van der Waals surface area contributed by atoms with E-state index >= 15 is 0 Å². The van der Waals surface area contributed by atoms with Gasteiger partial charge in [-0.3, -0.25) is 0 Å². The molecule has 8 heteroatoms. The van der Waals surface area contributed by atoms with Crippen LogP contribution in [-0.2, 0) is 22.9 Å². The molecule has 0 saturated heterocycles. The average molecular weight is 427 g/mol. The van der Waals surface area contributed by atoms with Gasteiger partial charge in [0.2, 0.25) is 0 Å². The number of ether oxygens (including phenoxy) is 1. The van der Waals surface area contributed by atoms with Crippen molar-refractivity contribution in [3.63, 3.8) is 0 Å². The Morgan fingerprint density at radius 1 is 1.23 bits per heavy atom. The van der Waals surface area contributed by atoms with Crippen LogP contribution >= 0.6 is 0 Å². The van der Waals surface area contributed by atoms with Gasteiger partial charge in [0, 0.05) is 25.6 Å². The molecule has 0 fully saturated rings. The van der Waals surface area contributed by atoms with E-state index in [0.717, 1.165) is 18.6 Å². The Balaban J connectivity index is 1.41. The van der Waals surface area contributed by atoms with Gasteiger partial charge in [-0.2, -0.15) is 4.31 Å². The minimum Gasteiger partial charge on any atom is -0.492 e. The summed E-state index contributed by atoms with van der Waals surface area (Å²) in [6, 6.07) is 16.5. The van der Waals surface area contributed by atoms with Gasteiger partial charge in [0.05, 0.1) is 12.5 Å². The molecule has 1 heterocycles. The third kappa shape index (κ3) is 4.26. The van der Waals surface area contributed by atoms with E-state index in [1.165, 1.54) is 40.6 Å². The van der Waals surface area contributed by atoms with E-state index in [2.05, 4.69) is 34.2 Å². The monoisotopic (exact) mass is 426 g/mol. The molecular weight excluding hydrogens is 400 g/mol. The molecule has 0 saturated carbocycles. The number of nitrogens with one attached hydrogen (secondary N) is 1. The normalized spacial score (nSPS) is 18.5. The fourth-order valence-corrected chi connectivity index (χ4v) is 4.96. The second kappa shape index (κ2) is 8.59. The van der Waals surface area contributed by atoms with Gasteiger partial charge in [-0.15, -0.1) is 0 Å². The molecule has 158 valence electrons. The SMILES string of the molecule is CN(CCOc1ccc2c(c1)C(Cc1ccccc1)C(N)C2)S(=O)(=O)c1cnc[nH]1. The number of sulfonamides is 1. The van der Waals surface area contributed by atoms with Crippen molar-refractivity contribution < 1.29 is 13.2 Å². The fraction of sp³-hybridized carbons (Fsp3) is 0.318. The van der Waals surface area contributed by atoms with Crippen LogP contribution in [0.2, 0.25) is 0 Å². The number of nitrogens with two attached hydrogens (primary N) is 1. The summed E-state index contributed by atoms with van der Waals surface area (Å²) in [5, 5.41) is 0.0697. The first-order valence-corrected chi connectivity index (χ1v) is 11.4. The van der Waals surface area contributed by atoms with Crippen LogP contribution in [0.5, 0.6) is 5.75 Å². The Labute approximate surface area is 176 Å². The molecule has 3 aromatic rings. The molecule has 1 aromatic heterocycles. The van der Waals surface area contributed by atoms with Crippen LogP contribution in [0, 0.1) is 0 Å². The molecule has 0 aliphatic heterocycles. The first-order valence-electron chi connectivity index (χ1n) is 9.95. The van der Waals surface area contributed by atoms with Crippen molar-refractivity contribution in [1.82, 2.24) is 14.3 Å². The number of rotatable bonds is 8. The van der Waals surface area contributed by atoms with Crippen molar-refractivity contribution in [3.05, 3.63) is 77.7 Å². The number of hydrogen-bond donors (Lipinski definition) is 2. The number of H-pyrrole nitrogens is 1. The van der Waals surface area contributed by atoms with Gasteiger partial charge in [0.1, 0.15) is 12.4 Å². The van der Waals surface area contributed by atoms with Crippen molar-refractivity contribution >= 4 is 10.0 Å². The van der Waals surface area contributed by atoms with Crippen LogP contribution in [0.15, 0.2) is 66.1 Å². The first-order chi connectivity index (χ1) is 14.4. The zero-order valence-electron chi connectivity index (χ0n) is 16.9. The highest BCUT2D eigenvalue weighted by Gasteiger charge is 2.30. The van der Waals surface area contributed by atoms with Gasteiger partial charge >= 0.3 is 0 Å². The average Bonchev–Trinajstić information content (AvgIpc) is 3.38. The number of hydrogen-bond acceptors (Lipinski definition) is 5. The van der Waals surface area contributed by atoms with Crippen LogP contribution in [-0.4, -0.2) is 48.9 Å². The molecule has 0 amide bonds. The second-order valence-corrected chi connectivity index (χ2v) is 9.63. The molecule has 0 spiro atoms. The van der Waals surface area contributed by atoms with E-state index < -0.39 is 10.0 Å². The number of likely N-dealkylation sites (N-methyl/N-ethyl adjacent to an activating group) is 1. The van der Waals surface area contributed by atoms with Gasteiger partial charge < -0.3 is 15.5 Å². The highest BCUT2D eigenvalue weighted by atomic mass is 32.2. The Bertz CT molecular complexity index is 1080. The van der Waals surface area contributed by atoms with Crippen molar-refractivity contribution in [2.45, 2.75) is 29.8 Å². The minimum atomic E-state index is -3.59. The maximum Gasteiger partial charge on any atom is 0.259 e. The molecule has 2 atom stereocenters. The van der Waals surface area contributed by atoms with E-state index in [9.17, 15) is 8.42 Å². The van der Waals surface area contributed by atoms with Crippen molar-refractivity contribution in [1.29, 1.82) is 0 Å². The van der Waals surface area contributed by atoms with Crippen LogP contribution in [0.3, 0.4) is 0 Å². The third-order valence-electron chi connectivity index (χ3n) is 5.62. The lowest BCUT2D eigenvalue weighted by Gasteiger charge is -2.18. The van der Waals surface area contributed by atoms with Crippen molar-refractivity contribution in [2.24, 2.45) is 5.73 Å². The summed E-state index contributed by atoms with van der Waals surface area (Å²) >= 11 is 0. The number of fused-ring (bicyclic) bond motifs is 1. The van der Waals surface area contributed by atoms with Crippen LogP contribution in [0.25, 0.3) is 0 Å². The van der Waals surface area contributed by atoms with E-state index in [1.807, 2.05) is 24.3 Å². The van der Waals surface area contributed by atoms with Crippen LogP contribution < -0.4 is 10.5 Å². The fourth-order valence-electron chi connectivity index (χ4n) is 3.91. The number of aromatic nitrogens is 2. The highest BCUT2D eigenvalue weighted by molar-refractivity contribution is 7.89. The molecule has 2 unspecified atom stereocenters. The molecule has 2 aromatic carbocycles. The smallest absolute Gasteiger partial charge is 0.259 e. The summed E-state index contributed by atoms with van der Waals surface area (Å²) in [6.07, 6.45) is 4.39. The maximum atomic E-state index is 12.4. The molecule has 30 heavy (non-hydrogen) atoms. The van der Waals surface area contributed by atoms with Gasteiger partial charge in [-0.25, -0.2) is 13.4 Å². The molecular formula is C22H26N4O3S. The number of aromatic amines is 1. The highest BCUT2D eigenvalue weighted by Crippen LogP contribution is 2.37. The molecule has 4 rings (SSSR count). The molecule has 1 aliphatic rings. The number of imidazole rings is 1. The lowest BCUT2D eigenvalue weighted by Crippen LogP contribution is -2.31. The quantitative estimate of drug-likeness (QED) is 0.576. The summed E-state index contributed by atoms with van der Waals surface area (Å²) in [5.74, 6) is 0.975. The van der Waals surface area contributed by atoms with Gasteiger partial charge in [-0.1, -0.05) is 36.4 Å². The molecule has 0 bridgehead atoms. The summed E-state index contributed by atoms with van der Waals surface area (Å²) < 4.78 is 32.0. The minimum absolute atomic E-state index is 0.0697. The largest absolute Gasteiger partial charge is 0.492 e. The zero-order valence-corrected chi connectivity index (χ0v) is 17.7.